The quantitative estimate of drug-likeness (QED) is 0.285. The van der Waals surface area contributed by atoms with Crippen LogP contribution in [0.2, 0.25) is 5.02 Å². The van der Waals surface area contributed by atoms with E-state index in [0.717, 1.165) is 12.1 Å². The normalized spacial score (nSPS) is 11.8. The van der Waals surface area contributed by atoms with Crippen molar-refractivity contribution in [1.82, 2.24) is 9.97 Å². The minimum atomic E-state index is -4.84. The van der Waals surface area contributed by atoms with Gasteiger partial charge in [-0.1, -0.05) is 29.8 Å². The fraction of sp³-hybridized carbons (Fsp3) is 0.0417. The largest absolute Gasteiger partial charge is 0.573 e. The van der Waals surface area contributed by atoms with Crippen molar-refractivity contribution in [2.75, 3.05) is 0 Å². The number of H-pyrrole nitrogens is 1. The lowest BCUT2D eigenvalue weighted by Gasteiger charge is -2.13. The number of carbonyl (C=O) groups excluding carboxylic acids is 1. The maximum atomic E-state index is 13.1. The zero-order chi connectivity index (χ0) is 23.6. The van der Waals surface area contributed by atoms with E-state index in [0.29, 0.717) is 27.2 Å². The molecule has 1 N–H and O–H groups in total. The summed E-state index contributed by atoms with van der Waals surface area (Å²) in [6.07, 6.45) is -0.601. The molecule has 0 aliphatic carbocycles. The van der Waals surface area contributed by atoms with Crippen LogP contribution < -0.4 is 10.3 Å². The van der Waals surface area contributed by atoms with Crippen molar-refractivity contribution >= 4 is 34.4 Å². The van der Waals surface area contributed by atoms with Crippen molar-refractivity contribution in [3.8, 4) is 16.9 Å². The van der Waals surface area contributed by atoms with Crippen LogP contribution in [0.4, 0.5) is 13.2 Å². The molecule has 4 rings (SSSR count). The van der Waals surface area contributed by atoms with E-state index < -0.39 is 23.5 Å². The number of aromatic nitrogens is 2. The van der Waals surface area contributed by atoms with Crippen LogP contribution in [0.15, 0.2) is 77.7 Å². The van der Waals surface area contributed by atoms with Gasteiger partial charge in [-0.05, 0) is 60.2 Å². The van der Waals surface area contributed by atoms with Crippen molar-refractivity contribution < 1.29 is 22.7 Å². The van der Waals surface area contributed by atoms with E-state index in [1.54, 1.807) is 42.6 Å². The van der Waals surface area contributed by atoms with E-state index in [9.17, 15) is 22.8 Å². The Kier molecular flexibility index (Phi) is 6.02. The molecule has 33 heavy (non-hydrogen) atoms. The van der Waals surface area contributed by atoms with Gasteiger partial charge in [-0.3, -0.25) is 14.6 Å². The summed E-state index contributed by atoms with van der Waals surface area (Å²) in [4.78, 5) is 32.7. The molecule has 9 heteroatoms. The standard InChI is InChI=1S/C24H14ClF3N2O3/c25-15-6-10-19-18(13-15)21(14-4-8-17(9-5-14)33-24(26,27)28)22(23(32)30-19)20(31)11-7-16-3-1-2-12-29-16/h1-13H,(H,30,32)/b11-7+. The molecule has 0 saturated carbocycles. The predicted octanol–water partition coefficient (Wildman–Crippen LogP) is 6.04. The minimum absolute atomic E-state index is 0.179. The van der Waals surface area contributed by atoms with Crippen LogP contribution in [-0.4, -0.2) is 22.1 Å². The predicted molar refractivity (Wildman–Crippen MR) is 119 cm³/mol. The molecule has 2 aromatic heterocycles. The Morgan fingerprint density at radius 2 is 1.82 bits per heavy atom. The van der Waals surface area contributed by atoms with E-state index in [2.05, 4.69) is 14.7 Å². The number of benzene rings is 2. The molecular formula is C24H14ClF3N2O3. The van der Waals surface area contributed by atoms with Crippen LogP contribution in [0, 0.1) is 0 Å². The van der Waals surface area contributed by atoms with Gasteiger partial charge in [0.1, 0.15) is 5.75 Å². The summed E-state index contributed by atoms with van der Waals surface area (Å²) in [5, 5.41) is 0.816. The molecular weight excluding hydrogens is 457 g/mol. The van der Waals surface area contributed by atoms with Gasteiger partial charge in [0, 0.05) is 27.7 Å². The van der Waals surface area contributed by atoms with Gasteiger partial charge in [0.25, 0.3) is 5.56 Å². The van der Waals surface area contributed by atoms with Crippen molar-refractivity contribution in [3.63, 3.8) is 0 Å². The maximum absolute atomic E-state index is 13.1. The topological polar surface area (TPSA) is 72.0 Å². The highest BCUT2D eigenvalue weighted by molar-refractivity contribution is 6.31. The third kappa shape index (κ3) is 5.12. The van der Waals surface area contributed by atoms with Gasteiger partial charge in [-0.15, -0.1) is 13.2 Å². The zero-order valence-corrected chi connectivity index (χ0v) is 17.4. The first kappa shape index (κ1) is 22.3. The SMILES string of the molecule is O=C(/C=C/c1ccccn1)c1c(-c2ccc(OC(F)(F)F)cc2)c2cc(Cl)ccc2[nH]c1=O. The summed E-state index contributed by atoms with van der Waals surface area (Å²) in [7, 11) is 0. The number of pyridine rings is 2. The third-order valence-electron chi connectivity index (χ3n) is 4.69. The Morgan fingerprint density at radius 3 is 2.48 bits per heavy atom. The van der Waals surface area contributed by atoms with Crippen LogP contribution in [0.25, 0.3) is 28.1 Å². The molecule has 0 amide bonds. The first-order valence-electron chi connectivity index (χ1n) is 9.56. The number of alkyl halides is 3. The number of carbonyl (C=O) groups is 1. The second kappa shape index (κ2) is 8.91. The Hall–Kier alpha value is -3.91. The number of ether oxygens (including phenoxy) is 1. The second-order valence-corrected chi connectivity index (χ2v) is 7.35. The number of hydrogen-bond acceptors (Lipinski definition) is 4. The Bertz CT molecular complexity index is 1410. The molecule has 5 nitrogen and oxygen atoms in total. The monoisotopic (exact) mass is 470 g/mol. The van der Waals surface area contributed by atoms with Gasteiger partial charge >= 0.3 is 6.36 Å². The zero-order valence-electron chi connectivity index (χ0n) is 16.7. The first-order valence-corrected chi connectivity index (χ1v) is 9.94. The molecule has 2 aromatic carbocycles. The van der Waals surface area contributed by atoms with Crippen molar-refractivity contribution in [3.05, 3.63) is 99.6 Å². The van der Waals surface area contributed by atoms with Crippen LogP contribution in [0.3, 0.4) is 0 Å². The van der Waals surface area contributed by atoms with Crippen LogP contribution in [-0.2, 0) is 0 Å². The smallest absolute Gasteiger partial charge is 0.406 e. The third-order valence-corrected chi connectivity index (χ3v) is 4.93. The highest BCUT2D eigenvalue weighted by atomic mass is 35.5. The first-order chi connectivity index (χ1) is 15.7. The second-order valence-electron chi connectivity index (χ2n) is 6.92. The van der Waals surface area contributed by atoms with Crippen LogP contribution in [0.5, 0.6) is 5.75 Å². The molecule has 166 valence electrons. The molecule has 0 unspecified atom stereocenters. The maximum Gasteiger partial charge on any atom is 0.573 e. The molecule has 2 heterocycles. The summed E-state index contributed by atoms with van der Waals surface area (Å²) in [6.45, 7) is 0. The number of nitrogens with zero attached hydrogens (tertiary/aromatic N) is 1. The molecule has 0 bridgehead atoms. The summed E-state index contributed by atoms with van der Waals surface area (Å²) in [5.41, 5.74) is 0.692. The van der Waals surface area contributed by atoms with Crippen molar-refractivity contribution in [2.45, 2.75) is 6.36 Å². The van der Waals surface area contributed by atoms with E-state index in [1.807, 2.05) is 0 Å². The summed E-state index contributed by atoms with van der Waals surface area (Å²) in [5.74, 6) is -1.03. The van der Waals surface area contributed by atoms with Gasteiger partial charge in [-0.25, -0.2) is 0 Å². The molecule has 0 fully saturated rings. The summed E-state index contributed by atoms with van der Waals surface area (Å²) in [6, 6.07) is 14.8. The number of fused-ring (bicyclic) bond motifs is 1. The number of rotatable bonds is 5. The number of hydrogen-bond donors (Lipinski definition) is 1. The molecule has 0 aliphatic rings. The van der Waals surface area contributed by atoms with Crippen LogP contribution >= 0.6 is 11.6 Å². The number of halogens is 4. The van der Waals surface area contributed by atoms with E-state index in [4.69, 9.17) is 11.6 Å². The lowest BCUT2D eigenvalue weighted by Crippen LogP contribution is -2.19. The Morgan fingerprint density at radius 1 is 1.06 bits per heavy atom. The minimum Gasteiger partial charge on any atom is -0.406 e. The van der Waals surface area contributed by atoms with Crippen molar-refractivity contribution in [1.29, 1.82) is 0 Å². The van der Waals surface area contributed by atoms with E-state index >= 15 is 0 Å². The van der Waals surface area contributed by atoms with Gasteiger partial charge in [0.2, 0.25) is 0 Å². The molecule has 0 spiro atoms. The summed E-state index contributed by atoms with van der Waals surface area (Å²) >= 11 is 6.14. The lowest BCUT2D eigenvalue weighted by molar-refractivity contribution is -0.274. The van der Waals surface area contributed by atoms with Gasteiger partial charge in [0.15, 0.2) is 5.78 Å². The fourth-order valence-corrected chi connectivity index (χ4v) is 3.51. The van der Waals surface area contributed by atoms with Gasteiger partial charge in [0.05, 0.1) is 11.3 Å². The Balaban J connectivity index is 1.87. The highest BCUT2D eigenvalue weighted by Crippen LogP contribution is 2.33. The average molecular weight is 471 g/mol. The van der Waals surface area contributed by atoms with E-state index in [-0.39, 0.29) is 11.1 Å². The fourth-order valence-electron chi connectivity index (χ4n) is 3.34. The number of allylic oxidation sites excluding steroid dienone is 1. The van der Waals surface area contributed by atoms with E-state index in [1.165, 1.54) is 24.3 Å². The number of ketones is 1. The van der Waals surface area contributed by atoms with Gasteiger partial charge < -0.3 is 9.72 Å². The molecule has 0 saturated heterocycles. The van der Waals surface area contributed by atoms with Crippen LogP contribution in [0.1, 0.15) is 16.1 Å². The number of aromatic amines is 1. The lowest BCUT2D eigenvalue weighted by atomic mass is 9.94. The highest BCUT2D eigenvalue weighted by Gasteiger charge is 2.31. The van der Waals surface area contributed by atoms with Gasteiger partial charge in [-0.2, -0.15) is 0 Å². The summed E-state index contributed by atoms with van der Waals surface area (Å²) < 4.78 is 41.5. The van der Waals surface area contributed by atoms with Crippen molar-refractivity contribution in [2.24, 2.45) is 0 Å². The molecule has 0 atom stereocenters. The molecule has 0 aliphatic heterocycles. The average Bonchev–Trinajstić information content (AvgIpc) is 2.77. The number of nitrogens with one attached hydrogen (secondary N) is 1. The Labute approximate surface area is 190 Å². The molecule has 4 aromatic rings. The molecule has 0 radical (unpaired) electrons.